The largest absolute Gasteiger partial charge is 0.298 e. The first-order valence-electron chi connectivity index (χ1n) is 9.78. The molecule has 0 bridgehead atoms. The van der Waals surface area contributed by atoms with Crippen molar-refractivity contribution in [3.05, 3.63) is 0 Å². The van der Waals surface area contributed by atoms with Crippen LogP contribution in [-0.2, 0) is 9.84 Å². The number of nitrogens with one attached hydrogen (secondary N) is 3. The van der Waals surface area contributed by atoms with E-state index in [1.807, 2.05) is 0 Å². The van der Waals surface area contributed by atoms with E-state index in [-0.39, 0.29) is 5.25 Å². The van der Waals surface area contributed by atoms with Crippen molar-refractivity contribution in [1.29, 1.82) is 0 Å². The third kappa shape index (κ3) is 4.19. The molecule has 0 aromatic heterocycles. The van der Waals surface area contributed by atoms with Gasteiger partial charge in [0.1, 0.15) is 9.84 Å². The van der Waals surface area contributed by atoms with Crippen molar-refractivity contribution in [3.8, 4) is 0 Å². The van der Waals surface area contributed by atoms with Crippen molar-refractivity contribution in [2.24, 2.45) is 5.92 Å². The highest BCUT2D eigenvalue weighted by Gasteiger charge is 2.42. The highest BCUT2D eigenvalue weighted by atomic mass is 32.2. The number of hydrogen-bond acceptors (Lipinski definition) is 7. The summed E-state index contributed by atoms with van der Waals surface area (Å²) >= 11 is 2.13. The summed E-state index contributed by atoms with van der Waals surface area (Å²) in [7, 11) is -2.87. The van der Waals surface area contributed by atoms with E-state index in [0.717, 1.165) is 44.1 Å². The van der Waals surface area contributed by atoms with Gasteiger partial charge in [-0.15, -0.1) is 0 Å². The molecular weight excluding hydrogens is 356 g/mol. The van der Waals surface area contributed by atoms with Gasteiger partial charge in [0.05, 0.1) is 24.3 Å². The highest BCUT2D eigenvalue weighted by Crippen LogP contribution is 2.32. The predicted molar refractivity (Wildman–Crippen MR) is 103 cm³/mol. The van der Waals surface area contributed by atoms with E-state index in [4.69, 9.17) is 0 Å². The summed E-state index contributed by atoms with van der Waals surface area (Å²) in [4.78, 5) is 2.56. The normalized spacial score (nSPS) is 43.2. The molecule has 8 heteroatoms. The zero-order chi connectivity index (χ0) is 17.4. The molecular formula is C17H32N4O2S2. The molecule has 3 N–H and O–H groups in total. The highest BCUT2D eigenvalue weighted by molar-refractivity contribution is 8.00. The van der Waals surface area contributed by atoms with Gasteiger partial charge in [-0.25, -0.2) is 8.42 Å². The topological polar surface area (TPSA) is 73.5 Å². The Hall–Kier alpha value is 0.140. The lowest BCUT2D eigenvalue weighted by Gasteiger charge is -2.42. The number of nitrogens with zero attached hydrogens (tertiary/aromatic N) is 1. The molecule has 4 rings (SSSR count). The van der Waals surface area contributed by atoms with E-state index in [9.17, 15) is 8.42 Å². The molecule has 6 nitrogen and oxygen atoms in total. The lowest BCUT2D eigenvalue weighted by molar-refractivity contribution is 0.119. The van der Waals surface area contributed by atoms with Crippen LogP contribution in [0.3, 0.4) is 0 Å². The molecule has 4 aliphatic rings. The summed E-state index contributed by atoms with van der Waals surface area (Å²) in [6.07, 6.45) is 8.54. The van der Waals surface area contributed by atoms with Crippen LogP contribution in [0.5, 0.6) is 0 Å². The van der Waals surface area contributed by atoms with Crippen LogP contribution in [0.4, 0.5) is 0 Å². The van der Waals surface area contributed by atoms with Crippen LogP contribution in [0, 0.1) is 5.92 Å². The van der Waals surface area contributed by atoms with Gasteiger partial charge < -0.3 is 0 Å². The van der Waals surface area contributed by atoms with E-state index in [0.29, 0.717) is 24.3 Å². The second kappa shape index (κ2) is 7.64. The zero-order valence-electron chi connectivity index (χ0n) is 15.1. The van der Waals surface area contributed by atoms with Crippen molar-refractivity contribution < 1.29 is 8.42 Å². The van der Waals surface area contributed by atoms with Crippen molar-refractivity contribution in [1.82, 2.24) is 20.9 Å². The van der Waals surface area contributed by atoms with Gasteiger partial charge in [-0.1, -0.05) is 0 Å². The maximum absolute atomic E-state index is 11.8. The Morgan fingerprint density at radius 2 is 1.92 bits per heavy atom. The minimum atomic E-state index is -2.87. The fourth-order valence-corrected chi connectivity index (χ4v) is 7.43. The molecule has 0 amide bonds. The molecule has 4 fully saturated rings. The molecule has 0 aromatic carbocycles. The minimum Gasteiger partial charge on any atom is -0.298 e. The third-order valence-corrected chi connectivity index (χ3v) is 9.58. The Morgan fingerprint density at radius 3 is 2.60 bits per heavy atom. The van der Waals surface area contributed by atoms with Crippen molar-refractivity contribution >= 4 is 21.6 Å². The number of rotatable bonds is 4. The van der Waals surface area contributed by atoms with Crippen molar-refractivity contribution in [3.63, 3.8) is 0 Å². The van der Waals surface area contributed by atoms with Gasteiger partial charge in [-0.2, -0.15) is 11.8 Å². The van der Waals surface area contributed by atoms with Gasteiger partial charge in [-0.3, -0.25) is 20.9 Å². The van der Waals surface area contributed by atoms with Crippen molar-refractivity contribution in [2.45, 2.75) is 67.4 Å². The Balaban J connectivity index is 1.32. The summed E-state index contributed by atoms with van der Waals surface area (Å²) in [5.74, 6) is 1.91. The molecule has 25 heavy (non-hydrogen) atoms. The van der Waals surface area contributed by atoms with Crippen LogP contribution in [0.25, 0.3) is 0 Å². The standard InChI is InChI=1S/C17H32N4O2S2/c1-25(22,23)14-6-4-12(5-7-14)15-9-18-16-17(20-15)21(11-19-16)10-13-3-2-8-24-13/h12-20H,2-11H2,1H3. The van der Waals surface area contributed by atoms with Crippen LogP contribution >= 0.6 is 11.8 Å². The quantitative estimate of drug-likeness (QED) is 0.650. The first-order chi connectivity index (χ1) is 12.0. The fraction of sp³-hybridized carbons (Fsp3) is 1.00. The van der Waals surface area contributed by atoms with E-state index in [1.54, 1.807) is 0 Å². The lowest BCUT2D eigenvalue weighted by Crippen LogP contribution is -2.66. The Morgan fingerprint density at radius 1 is 1.12 bits per heavy atom. The zero-order valence-corrected chi connectivity index (χ0v) is 16.7. The molecule has 0 radical (unpaired) electrons. The second-order valence-electron chi connectivity index (χ2n) is 8.24. The molecule has 0 spiro atoms. The number of piperazine rings is 1. The summed E-state index contributed by atoms with van der Waals surface area (Å²) in [6, 6.07) is 0.459. The van der Waals surface area contributed by atoms with Gasteiger partial charge in [0.25, 0.3) is 0 Å². The summed E-state index contributed by atoms with van der Waals surface area (Å²) in [5, 5.41) is 11.9. The van der Waals surface area contributed by atoms with Gasteiger partial charge in [-0.05, 0) is 50.2 Å². The summed E-state index contributed by atoms with van der Waals surface area (Å²) in [5.41, 5.74) is 0. The smallest absolute Gasteiger partial charge is 0.150 e. The average Bonchev–Trinajstić information content (AvgIpc) is 3.24. The molecule has 0 aromatic rings. The summed E-state index contributed by atoms with van der Waals surface area (Å²) in [6.45, 7) is 3.11. The monoisotopic (exact) mass is 388 g/mol. The molecule has 1 saturated carbocycles. The molecule has 3 saturated heterocycles. The van der Waals surface area contributed by atoms with Gasteiger partial charge in [0, 0.05) is 30.6 Å². The van der Waals surface area contributed by atoms with E-state index in [1.165, 1.54) is 31.4 Å². The van der Waals surface area contributed by atoms with Crippen LogP contribution in [-0.4, -0.2) is 74.0 Å². The Labute approximate surface area is 156 Å². The second-order valence-corrected chi connectivity index (χ2v) is 12.0. The minimum absolute atomic E-state index is 0.114. The fourth-order valence-electron chi connectivity index (χ4n) is 5.00. The first-order valence-corrected chi connectivity index (χ1v) is 12.8. The first kappa shape index (κ1) is 18.5. The maximum atomic E-state index is 11.8. The van der Waals surface area contributed by atoms with Gasteiger partial charge >= 0.3 is 0 Å². The number of hydrogen-bond donors (Lipinski definition) is 3. The average molecular weight is 389 g/mol. The third-order valence-electron chi connectivity index (χ3n) is 6.52. The van der Waals surface area contributed by atoms with Crippen LogP contribution < -0.4 is 16.0 Å². The molecule has 1 aliphatic carbocycles. The maximum Gasteiger partial charge on any atom is 0.150 e. The van der Waals surface area contributed by atoms with E-state index >= 15 is 0 Å². The number of thioether (sulfide) groups is 1. The number of fused-ring (bicyclic) bond motifs is 1. The lowest BCUT2D eigenvalue weighted by atomic mass is 9.82. The molecule has 4 unspecified atom stereocenters. The van der Waals surface area contributed by atoms with Crippen LogP contribution in [0.15, 0.2) is 0 Å². The molecule has 3 aliphatic heterocycles. The Kier molecular flexibility index (Phi) is 5.65. The van der Waals surface area contributed by atoms with Crippen LogP contribution in [0.2, 0.25) is 0 Å². The molecule has 4 atom stereocenters. The van der Waals surface area contributed by atoms with Gasteiger partial charge in [0.2, 0.25) is 0 Å². The molecule has 3 heterocycles. The molecule has 144 valence electrons. The summed E-state index contributed by atoms with van der Waals surface area (Å²) < 4.78 is 23.6. The van der Waals surface area contributed by atoms with Crippen LogP contribution in [0.1, 0.15) is 38.5 Å². The number of sulfone groups is 1. The predicted octanol–water partition coefficient (Wildman–Crippen LogP) is 0.562. The van der Waals surface area contributed by atoms with E-state index < -0.39 is 9.84 Å². The van der Waals surface area contributed by atoms with E-state index in [2.05, 4.69) is 32.6 Å². The Bertz CT molecular complexity index is 559. The SMILES string of the molecule is CS(=O)(=O)C1CCC(C2CNC3NCN(CC4CCCS4)C3N2)CC1. The van der Waals surface area contributed by atoms with Gasteiger partial charge in [0.15, 0.2) is 0 Å². The van der Waals surface area contributed by atoms with Crippen molar-refractivity contribution in [2.75, 3.05) is 31.8 Å².